The number of phenolic OH excluding ortho intramolecular Hbond substituents is 4. The van der Waals surface area contributed by atoms with Crippen LogP contribution in [0.25, 0.3) is 0 Å². The van der Waals surface area contributed by atoms with Crippen molar-refractivity contribution in [3.8, 4) is 34.5 Å². The van der Waals surface area contributed by atoms with Crippen molar-refractivity contribution in [2.75, 3.05) is 14.2 Å². The van der Waals surface area contributed by atoms with Crippen molar-refractivity contribution in [1.29, 1.82) is 0 Å². The number of aliphatic hydroxyl groups excluding tert-OH is 2. The van der Waals surface area contributed by atoms with Gasteiger partial charge in [-0.1, -0.05) is 24.3 Å². The zero-order valence-corrected chi connectivity index (χ0v) is 43.2. The molecule has 77 heavy (non-hydrogen) atoms. The number of carbonyl (C=O) groups excluding carboxylic acids is 6. The van der Waals surface area contributed by atoms with Crippen LogP contribution < -0.4 is 20.3 Å². The van der Waals surface area contributed by atoms with Crippen molar-refractivity contribution in [2.24, 2.45) is 0 Å². The van der Waals surface area contributed by atoms with E-state index in [1.807, 2.05) is 0 Å². The van der Waals surface area contributed by atoms with E-state index in [9.17, 15) is 69.6 Å². The number of ketones is 6. The summed E-state index contributed by atoms with van der Waals surface area (Å²) < 4.78 is 35.7. The molecule has 4 aromatic carbocycles. The number of phenols is 4. The number of nitrogens with one attached hydrogen (secondary N) is 2. The lowest BCUT2D eigenvalue weighted by Gasteiger charge is -2.44. The van der Waals surface area contributed by atoms with Crippen LogP contribution in [0.5, 0.6) is 34.5 Å². The molecule has 0 aromatic heterocycles. The Balaban J connectivity index is 0.00000722. The normalized spacial score (nSPS) is 30.2. The Morgan fingerprint density at radius 1 is 0.571 bits per heavy atom. The molecule has 2 saturated heterocycles. The third-order valence-electron chi connectivity index (χ3n) is 16.0. The highest BCUT2D eigenvalue weighted by molar-refractivity contribution is 6.32. The van der Waals surface area contributed by atoms with Gasteiger partial charge in [0.15, 0.2) is 35.7 Å². The molecule has 2 heterocycles. The molecule has 2 aliphatic heterocycles. The van der Waals surface area contributed by atoms with Crippen molar-refractivity contribution in [1.82, 2.24) is 10.9 Å². The summed E-state index contributed by atoms with van der Waals surface area (Å²) in [6.45, 7) is 5.32. The summed E-state index contributed by atoms with van der Waals surface area (Å²) in [5.41, 5.74) is -1.67. The van der Waals surface area contributed by atoms with E-state index in [4.69, 9.17) is 28.4 Å². The van der Waals surface area contributed by atoms with Gasteiger partial charge in [-0.05, 0) is 39.8 Å². The first-order chi connectivity index (χ1) is 35.9. The first kappa shape index (κ1) is 55.3. The largest absolute Gasteiger partial charge is 0.507 e. The van der Waals surface area contributed by atoms with E-state index < -0.39 is 178 Å². The van der Waals surface area contributed by atoms with Crippen LogP contribution in [0.2, 0.25) is 0 Å². The second-order valence-electron chi connectivity index (χ2n) is 20.4. The molecule has 10 rings (SSSR count). The van der Waals surface area contributed by atoms with Crippen LogP contribution in [0.3, 0.4) is 0 Å². The summed E-state index contributed by atoms with van der Waals surface area (Å²) in [5, 5.41) is 93.8. The van der Waals surface area contributed by atoms with E-state index in [0.717, 1.165) is 13.8 Å². The van der Waals surface area contributed by atoms with E-state index in [2.05, 4.69) is 10.9 Å². The average Bonchev–Trinajstić information content (AvgIpc) is 3.38. The number of fused-ring (bicyclic) bond motifs is 6. The number of methoxy groups -OCH3 is 2. The van der Waals surface area contributed by atoms with Crippen LogP contribution in [0.15, 0.2) is 36.4 Å². The maximum absolute atomic E-state index is 14.1. The SMILES string of the molecule is COc1cccc2c1C(=O)c1c(O)c3c(c(O)c1C2=O)C[C@@](O)(C(C)=O)C[C@@H]3OC1CC(NNC2CC(O[C@H]3C[C@](O)(C(C)=O)Cc4c(O)c5c(c(O)c43)C(=O)c3c(OC)cccc3C5=O)OC(C)C2O)C(O)C(C)O1.Cl. The van der Waals surface area contributed by atoms with Gasteiger partial charge in [-0.25, -0.2) is 0 Å². The second kappa shape index (κ2) is 20.1. The number of hydrazine groups is 1. The van der Waals surface area contributed by atoms with Gasteiger partial charge in [-0.3, -0.25) is 39.6 Å². The monoisotopic (exact) mass is 1090 g/mol. The first-order valence-electron chi connectivity index (χ1n) is 24.6. The lowest BCUT2D eigenvalue weighted by atomic mass is 9.72. The Morgan fingerprint density at radius 3 is 1.26 bits per heavy atom. The molecular formula is C54H57ClN2O20. The van der Waals surface area contributed by atoms with Gasteiger partial charge in [0.1, 0.15) is 45.7 Å². The molecule has 0 bridgehead atoms. The molecule has 22 nitrogen and oxygen atoms in total. The first-order valence-corrected chi connectivity index (χ1v) is 24.6. The van der Waals surface area contributed by atoms with Crippen LogP contribution >= 0.6 is 12.4 Å². The highest BCUT2D eigenvalue weighted by atomic mass is 35.5. The molecule has 12 atom stereocenters. The quantitative estimate of drug-likeness (QED) is 0.0658. The van der Waals surface area contributed by atoms with Crippen molar-refractivity contribution in [2.45, 2.75) is 139 Å². The minimum atomic E-state index is -2.19. The van der Waals surface area contributed by atoms with Crippen molar-refractivity contribution in [3.63, 3.8) is 0 Å². The molecule has 6 aliphatic rings. The number of hydrogen-bond acceptors (Lipinski definition) is 22. The standard InChI is InChI=1S/C54H56N2O20.ClH/c1-19-43(59)27(13-33(73-19)75-31-17-53(69,21(3)57)15-25-37(31)51(67)41-39(47(25)63)45(61)23-9-7-11-29(71-5)35(23)49(41)65)55-56-28-14-34(74-20(2)44(28)60)76-32-18-54(70,22(4)58)16-26-38(32)52(68)42-40(48(26)64)46(62)24-10-8-12-30(72-6)36(24)50(42)66;/h7-12,19-20,27-28,31-34,43-44,55-56,59-60,63-64,67-70H,13-18H2,1-6H3;1H/t19?,20?,27?,28?,31-,32-,33?,34?,43?,44?,53-,54-;/m0./s1. The number of halogens is 1. The number of hydrogen-bond donors (Lipinski definition) is 10. The lowest BCUT2D eigenvalue weighted by Crippen LogP contribution is -2.63. The highest BCUT2D eigenvalue weighted by Crippen LogP contribution is 2.55. The number of carbonyl (C=O) groups is 6. The van der Waals surface area contributed by atoms with Gasteiger partial charge >= 0.3 is 0 Å². The Labute approximate surface area is 445 Å². The van der Waals surface area contributed by atoms with Crippen molar-refractivity contribution < 1.29 is 98.0 Å². The van der Waals surface area contributed by atoms with Gasteiger partial charge in [-0.2, -0.15) is 0 Å². The van der Waals surface area contributed by atoms with Gasteiger partial charge in [0.05, 0.1) is 96.3 Å². The summed E-state index contributed by atoms with van der Waals surface area (Å²) >= 11 is 0. The highest BCUT2D eigenvalue weighted by Gasteiger charge is 2.52. The van der Waals surface area contributed by atoms with Gasteiger partial charge in [0.2, 0.25) is 11.6 Å². The van der Waals surface area contributed by atoms with E-state index in [-0.39, 0.29) is 81.3 Å². The summed E-state index contributed by atoms with van der Waals surface area (Å²) in [7, 11) is 2.60. The van der Waals surface area contributed by atoms with Crippen LogP contribution in [-0.2, 0) is 41.4 Å². The minimum Gasteiger partial charge on any atom is -0.507 e. The summed E-state index contributed by atoms with van der Waals surface area (Å²) in [4.78, 5) is 82.3. The zero-order chi connectivity index (χ0) is 54.8. The zero-order valence-electron chi connectivity index (χ0n) is 42.4. The van der Waals surface area contributed by atoms with Gasteiger partial charge in [0.25, 0.3) is 0 Å². The molecule has 0 spiro atoms. The summed E-state index contributed by atoms with van der Waals surface area (Å²) in [6, 6.07) is 6.71. The van der Waals surface area contributed by atoms with Crippen LogP contribution in [0.4, 0.5) is 0 Å². The van der Waals surface area contributed by atoms with Crippen LogP contribution in [0.1, 0.15) is 152 Å². The molecule has 23 heteroatoms. The number of rotatable bonds is 11. The fourth-order valence-electron chi connectivity index (χ4n) is 11.7. The summed E-state index contributed by atoms with van der Waals surface area (Å²) in [5.74, 6) is -7.56. The van der Waals surface area contributed by atoms with Crippen molar-refractivity contribution in [3.05, 3.63) is 103 Å². The predicted molar refractivity (Wildman–Crippen MR) is 266 cm³/mol. The number of Topliss-reactive ketones (excluding diaryl/α,β-unsaturated/α-hetero) is 2. The molecule has 0 saturated carbocycles. The van der Waals surface area contributed by atoms with E-state index >= 15 is 0 Å². The van der Waals surface area contributed by atoms with Gasteiger partial charge in [0, 0.05) is 71.9 Å². The van der Waals surface area contributed by atoms with E-state index in [0.29, 0.717) is 0 Å². The smallest absolute Gasteiger partial charge is 0.202 e. The lowest BCUT2D eigenvalue weighted by molar-refractivity contribution is -0.256. The molecule has 2 fully saturated rings. The Morgan fingerprint density at radius 2 is 0.922 bits per heavy atom. The number of ether oxygens (including phenoxy) is 6. The number of aromatic hydroxyl groups is 4. The predicted octanol–water partition coefficient (Wildman–Crippen LogP) is 2.67. The van der Waals surface area contributed by atoms with E-state index in [1.165, 1.54) is 64.5 Å². The third-order valence-corrected chi connectivity index (χ3v) is 16.0. The number of aliphatic hydroxyl groups is 4. The van der Waals surface area contributed by atoms with Crippen molar-refractivity contribution >= 4 is 47.1 Å². The Hall–Kier alpha value is -6.41. The van der Waals surface area contributed by atoms with Gasteiger partial charge in [-0.15, -0.1) is 12.4 Å². The molecule has 410 valence electrons. The Bertz CT molecular complexity index is 2990. The van der Waals surface area contributed by atoms with Crippen LogP contribution in [-0.4, -0.2) is 150 Å². The maximum Gasteiger partial charge on any atom is 0.202 e. The molecule has 8 unspecified atom stereocenters. The molecular weight excluding hydrogens is 1030 g/mol. The minimum absolute atomic E-state index is 0. The summed E-state index contributed by atoms with van der Waals surface area (Å²) in [6.07, 6.45) is -12.4. The second-order valence-corrected chi connectivity index (χ2v) is 20.4. The fraction of sp³-hybridized carbons (Fsp3) is 0.444. The maximum atomic E-state index is 14.1. The molecule has 4 aromatic rings. The molecule has 10 N–H and O–H groups in total. The van der Waals surface area contributed by atoms with Gasteiger partial charge < -0.3 is 69.3 Å². The van der Waals surface area contributed by atoms with Crippen LogP contribution in [0, 0.1) is 0 Å². The number of benzene rings is 4. The Kier molecular flexibility index (Phi) is 14.5. The molecule has 0 radical (unpaired) electrons. The third kappa shape index (κ3) is 8.75. The fourth-order valence-corrected chi connectivity index (χ4v) is 11.7. The van der Waals surface area contributed by atoms with E-state index in [1.54, 1.807) is 0 Å². The molecule has 0 amide bonds. The topological polar surface area (TPSA) is 344 Å². The molecule has 4 aliphatic carbocycles. The average molecular weight is 1090 g/mol.